The van der Waals surface area contributed by atoms with E-state index in [1.807, 2.05) is 0 Å². The van der Waals surface area contributed by atoms with Crippen molar-refractivity contribution >= 4 is 52.1 Å². The Kier molecular flexibility index (Phi) is 3.54. The Hall–Kier alpha value is -0.310. The van der Waals surface area contributed by atoms with Crippen molar-refractivity contribution in [1.29, 1.82) is 0 Å². The number of hydrogen-bond donors (Lipinski definition) is 0. The van der Waals surface area contributed by atoms with Gasteiger partial charge >= 0.3 is 0 Å². The van der Waals surface area contributed by atoms with Gasteiger partial charge in [0, 0.05) is 4.91 Å². The number of halogens is 4. The van der Waals surface area contributed by atoms with Crippen LogP contribution in [0.4, 0.5) is 5.69 Å². The molecule has 0 saturated carbocycles. The van der Waals surface area contributed by atoms with Crippen molar-refractivity contribution in [2.24, 2.45) is 5.11 Å². The zero-order chi connectivity index (χ0) is 10.0. The molecule has 0 fully saturated rings. The van der Waals surface area contributed by atoms with Crippen LogP contribution in [0, 0.1) is 0 Å². The number of benzene rings is 1. The third-order valence-electron chi connectivity index (χ3n) is 1.24. The predicted molar refractivity (Wildman–Crippen MR) is 55.3 cm³/mol. The van der Waals surface area contributed by atoms with Gasteiger partial charge in [-0.05, 0) is 11.6 Å². The molecule has 0 aliphatic carbocycles. The van der Waals surface area contributed by atoms with Crippen LogP contribution in [-0.4, -0.2) is 0 Å². The molecule has 1 aromatic rings. The fourth-order valence-corrected chi connectivity index (χ4v) is 1.51. The van der Waals surface area contributed by atoms with Gasteiger partial charge in [0.25, 0.3) is 0 Å². The first-order valence-electron chi connectivity index (χ1n) is 2.96. The van der Waals surface area contributed by atoms with E-state index in [0.29, 0.717) is 0 Å². The normalized spacial score (nSPS) is 9.54. The summed E-state index contributed by atoms with van der Waals surface area (Å²) in [6, 6.07) is 1.35. The monoisotopic (exact) mass is 255 g/mol. The minimum Gasteiger partial charge on any atom is -0.0826 e. The lowest BCUT2D eigenvalue weighted by Crippen LogP contribution is -1.75. The molecule has 0 aliphatic rings. The van der Waals surface area contributed by atoms with Crippen LogP contribution < -0.4 is 0 Å². The minimum absolute atomic E-state index is 0.0817. The molecule has 0 radical (unpaired) electrons. The summed E-state index contributed by atoms with van der Waals surface area (Å²) in [6.45, 7) is 0. The maximum atomic E-state index is 8.18. The lowest BCUT2D eigenvalue weighted by atomic mass is 10.3. The van der Waals surface area contributed by atoms with Gasteiger partial charge in [0.05, 0.1) is 25.8 Å². The largest absolute Gasteiger partial charge is 0.0826 e. The molecule has 0 N–H and O–H groups in total. The summed E-state index contributed by atoms with van der Waals surface area (Å²) in [7, 11) is 0. The van der Waals surface area contributed by atoms with Crippen LogP contribution in [0.2, 0.25) is 20.1 Å². The Bertz CT molecular complexity index is 397. The van der Waals surface area contributed by atoms with Crippen molar-refractivity contribution in [3.63, 3.8) is 0 Å². The number of nitrogens with zero attached hydrogens (tertiary/aromatic N) is 3. The Morgan fingerprint density at radius 2 is 1.69 bits per heavy atom. The first-order chi connectivity index (χ1) is 6.07. The Labute approximate surface area is 93.8 Å². The van der Waals surface area contributed by atoms with E-state index in [-0.39, 0.29) is 25.8 Å². The van der Waals surface area contributed by atoms with Gasteiger partial charge < -0.3 is 0 Å². The number of hydrogen-bond acceptors (Lipinski definition) is 1. The molecule has 0 aliphatic heterocycles. The van der Waals surface area contributed by atoms with Crippen molar-refractivity contribution in [2.75, 3.05) is 0 Å². The van der Waals surface area contributed by atoms with E-state index in [1.165, 1.54) is 6.07 Å². The SMILES string of the molecule is [N-]=[N+]=Nc1cc(Cl)c(Cl)c(Cl)c1Cl. The summed E-state index contributed by atoms with van der Waals surface area (Å²) in [4.78, 5) is 2.56. The molecule has 1 aromatic carbocycles. The molecule has 1 rings (SSSR count). The summed E-state index contributed by atoms with van der Waals surface area (Å²) in [5.41, 5.74) is 8.33. The summed E-state index contributed by atoms with van der Waals surface area (Å²) in [5, 5.41) is 3.80. The topological polar surface area (TPSA) is 48.8 Å². The van der Waals surface area contributed by atoms with Crippen LogP contribution in [0.3, 0.4) is 0 Å². The molecule has 0 amide bonds. The lowest BCUT2D eigenvalue weighted by molar-refractivity contribution is 1.48. The predicted octanol–water partition coefficient (Wildman–Crippen LogP) is 5.24. The van der Waals surface area contributed by atoms with Crippen molar-refractivity contribution < 1.29 is 0 Å². The minimum atomic E-state index is 0.0817. The highest BCUT2D eigenvalue weighted by molar-refractivity contribution is 6.52. The van der Waals surface area contributed by atoms with Gasteiger partial charge in [0.1, 0.15) is 0 Å². The zero-order valence-corrected chi connectivity index (χ0v) is 8.95. The van der Waals surface area contributed by atoms with E-state index in [0.717, 1.165) is 0 Å². The summed E-state index contributed by atoms with van der Waals surface area (Å²) in [5.74, 6) is 0. The third-order valence-corrected chi connectivity index (χ3v) is 2.98. The van der Waals surface area contributed by atoms with E-state index >= 15 is 0 Å². The molecule has 0 unspecified atom stereocenters. The Balaban J connectivity index is 3.49. The molecule has 0 bridgehead atoms. The third kappa shape index (κ3) is 2.13. The molecule has 13 heavy (non-hydrogen) atoms. The van der Waals surface area contributed by atoms with Crippen molar-refractivity contribution in [3.8, 4) is 0 Å². The standard InChI is InChI=1S/C6HCl4N3/c7-2-1-3(12-13-11)5(9)6(10)4(2)8/h1H. The fourth-order valence-electron chi connectivity index (χ4n) is 0.681. The molecule has 0 saturated heterocycles. The number of rotatable bonds is 1. The average Bonchev–Trinajstić information content (AvgIpc) is 2.11. The molecule has 0 aromatic heterocycles. The molecule has 0 heterocycles. The Morgan fingerprint density at radius 3 is 2.23 bits per heavy atom. The van der Waals surface area contributed by atoms with Crippen LogP contribution in [0.1, 0.15) is 0 Å². The van der Waals surface area contributed by atoms with Crippen molar-refractivity contribution in [2.45, 2.75) is 0 Å². The summed E-state index contributed by atoms with van der Waals surface area (Å²) >= 11 is 22.7. The zero-order valence-electron chi connectivity index (χ0n) is 5.93. The van der Waals surface area contributed by atoms with E-state index in [4.69, 9.17) is 51.9 Å². The molecular formula is C6HCl4N3. The molecule has 0 spiro atoms. The van der Waals surface area contributed by atoms with Crippen LogP contribution >= 0.6 is 46.4 Å². The van der Waals surface area contributed by atoms with E-state index in [9.17, 15) is 0 Å². The fraction of sp³-hybridized carbons (Fsp3) is 0. The summed E-state index contributed by atoms with van der Waals surface area (Å²) < 4.78 is 0. The van der Waals surface area contributed by atoms with Gasteiger partial charge in [0.15, 0.2) is 0 Å². The van der Waals surface area contributed by atoms with Gasteiger partial charge in [-0.1, -0.05) is 51.5 Å². The van der Waals surface area contributed by atoms with E-state index in [1.54, 1.807) is 0 Å². The highest BCUT2D eigenvalue weighted by Gasteiger charge is 2.11. The number of azide groups is 1. The first kappa shape index (κ1) is 10.8. The van der Waals surface area contributed by atoms with E-state index in [2.05, 4.69) is 10.0 Å². The Morgan fingerprint density at radius 1 is 1.08 bits per heavy atom. The second-order valence-electron chi connectivity index (χ2n) is 2.01. The molecule has 0 atom stereocenters. The lowest BCUT2D eigenvalue weighted by Gasteiger charge is -2.03. The van der Waals surface area contributed by atoms with E-state index < -0.39 is 0 Å². The highest BCUT2D eigenvalue weighted by Crippen LogP contribution is 2.41. The quantitative estimate of drug-likeness (QED) is 0.217. The van der Waals surface area contributed by atoms with Gasteiger partial charge in [-0.3, -0.25) is 0 Å². The first-order valence-corrected chi connectivity index (χ1v) is 4.47. The van der Waals surface area contributed by atoms with Crippen molar-refractivity contribution in [3.05, 3.63) is 36.6 Å². The second kappa shape index (κ2) is 4.27. The highest BCUT2D eigenvalue weighted by atomic mass is 35.5. The maximum Gasteiger partial charge on any atom is 0.0798 e. The van der Waals surface area contributed by atoms with Gasteiger partial charge in [-0.15, -0.1) is 0 Å². The van der Waals surface area contributed by atoms with Gasteiger partial charge in [-0.2, -0.15) is 0 Å². The van der Waals surface area contributed by atoms with Crippen LogP contribution in [0.25, 0.3) is 10.4 Å². The van der Waals surface area contributed by atoms with Gasteiger partial charge in [-0.25, -0.2) is 0 Å². The molecule has 7 heteroatoms. The van der Waals surface area contributed by atoms with Gasteiger partial charge in [0.2, 0.25) is 0 Å². The smallest absolute Gasteiger partial charge is 0.0798 e. The molecule has 3 nitrogen and oxygen atoms in total. The molecular weight excluding hydrogens is 256 g/mol. The van der Waals surface area contributed by atoms with Crippen LogP contribution in [-0.2, 0) is 0 Å². The van der Waals surface area contributed by atoms with Crippen LogP contribution in [0.5, 0.6) is 0 Å². The summed E-state index contributed by atoms with van der Waals surface area (Å²) in [6.07, 6.45) is 0. The second-order valence-corrected chi connectivity index (χ2v) is 3.55. The van der Waals surface area contributed by atoms with Crippen molar-refractivity contribution in [1.82, 2.24) is 0 Å². The van der Waals surface area contributed by atoms with Crippen LogP contribution in [0.15, 0.2) is 11.2 Å². The molecule has 68 valence electrons. The maximum absolute atomic E-state index is 8.18. The average molecular weight is 257 g/mol.